The quantitative estimate of drug-likeness (QED) is 0.669. The lowest BCUT2D eigenvalue weighted by atomic mass is 10.0. The third kappa shape index (κ3) is 2.77. The number of aromatic nitrogens is 1. The van der Waals surface area contributed by atoms with Gasteiger partial charge in [-0.3, -0.25) is 9.29 Å². The molecular formula is C20H17ClN2O2S. The molecule has 0 saturated heterocycles. The predicted octanol–water partition coefficient (Wildman–Crippen LogP) is 4.46. The Bertz CT molecular complexity index is 1080. The number of fused-ring (bicyclic) bond motifs is 1. The van der Waals surface area contributed by atoms with Crippen LogP contribution in [0.15, 0.2) is 65.8 Å². The number of hydrogen-bond acceptors (Lipinski definition) is 3. The number of sulfonamides is 1. The number of pyridine rings is 1. The van der Waals surface area contributed by atoms with E-state index < -0.39 is 10.0 Å². The lowest BCUT2D eigenvalue weighted by Gasteiger charge is -2.21. The second-order valence-electron chi connectivity index (χ2n) is 6.27. The number of rotatable bonds is 3. The van der Waals surface area contributed by atoms with E-state index in [2.05, 4.69) is 11.1 Å². The minimum absolute atomic E-state index is 0.260. The number of halogens is 1. The summed E-state index contributed by atoms with van der Waals surface area (Å²) in [5.74, 6) is 0. The Kier molecular flexibility index (Phi) is 4.21. The minimum atomic E-state index is -3.64. The molecule has 1 aliphatic rings. The highest BCUT2D eigenvalue weighted by molar-refractivity contribution is 7.93. The van der Waals surface area contributed by atoms with Gasteiger partial charge >= 0.3 is 0 Å². The van der Waals surface area contributed by atoms with Crippen LogP contribution in [-0.2, 0) is 16.4 Å². The van der Waals surface area contributed by atoms with E-state index in [0.717, 1.165) is 22.4 Å². The van der Waals surface area contributed by atoms with E-state index in [0.29, 0.717) is 23.6 Å². The molecule has 0 aliphatic carbocycles. The van der Waals surface area contributed by atoms with E-state index in [-0.39, 0.29) is 4.90 Å². The molecule has 0 atom stereocenters. The maximum Gasteiger partial charge on any atom is 0.264 e. The van der Waals surface area contributed by atoms with Crippen LogP contribution in [0.25, 0.3) is 11.1 Å². The third-order valence-electron chi connectivity index (χ3n) is 4.73. The Labute approximate surface area is 158 Å². The highest BCUT2D eigenvalue weighted by Crippen LogP contribution is 2.37. The highest BCUT2D eigenvalue weighted by Gasteiger charge is 2.32. The van der Waals surface area contributed by atoms with Gasteiger partial charge in [0.05, 0.1) is 10.6 Å². The van der Waals surface area contributed by atoms with Crippen molar-refractivity contribution in [1.82, 2.24) is 4.98 Å². The molecule has 1 aromatic heterocycles. The zero-order chi connectivity index (χ0) is 18.3. The van der Waals surface area contributed by atoms with Gasteiger partial charge in [0.25, 0.3) is 10.0 Å². The summed E-state index contributed by atoms with van der Waals surface area (Å²) in [6.45, 7) is 2.17. The lowest BCUT2D eigenvalue weighted by molar-refractivity contribution is 0.591. The van der Waals surface area contributed by atoms with Gasteiger partial charge in [-0.2, -0.15) is 0 Å². The van der Waals surface area contributed by atoms with Crippen LogP contribution in [0, 0.1) is 6.92 Å². The molecule has 2 aromatic carbocycles. The molecule has 0 amide bonds. The van der Waals surface area contributed by atoms with Gasteiger partial charge in [-0.1, -0.05) is 23.7 Å². The lowest BCUT2D eigenvalue weighted by Crippen LogP contribution is -2.29. The summed E-state index contributed by atoms with van der Waals surface area (Å²) in [6.07, 6.45) is 4.19. The predicted molar refractivity (Wildman–Crippen MR) is 104 cm³/mol. The Hall–Kier alpha value is -2.37. The van der Waals surface area contributed by atoms with Crippen molar-refractivity contribution in [2.24, 2.45) is 0 Å². The summed E-state index contributed by atoms with van der Waals surface area (Å²) < 4.78 is 27.9. The van der Waals surface area contributed by atoms with Crippen molar-refractivity contribution in [3.63, 3.8) is 0 Å². The molecule has 0 radical (unpaired) electrons. The van der Waals surface area contributed by atoms with Crippen molar-refractivity contribution < 1.29 is 8.42 Å². The smallest absolute Gasteiger partial charge is 0.264 e. The van der Waals surface area contributed by atoms with E-state index in [4.69, 9.17) is 11.6 Å². The summed E-state index contributed by atoms with van der Waals surface area (Å²) in [4.78, 5) is 4.30. The third-order valence-corrected chi connectivity index (χ3v) is 7.10. The SMILES string of the molecule is Cc1c(Cl)cccc1S(=O)(=O)N1CCc2cc(-c3ccncc3)ccc21. The normalized spacial score (nSPS) is 13.7. The van der Waals surface area contributed by atoms with Gasteiger partial charge in [0.2, 0.25) is 0 Å². The van der Waals surface area contributed by atoms with Gasteiger partial charge in [0, 0.05) is 24.0 Å². The molecule has 0 unspecified atom stereocenters. The van der Waals surface area contributed by atoms with Crippen molar-refractivity contribution in [2.45, 2.75) is 18.2 Å². The second-order valence-corrected chi connectivity index (χ2v) is 8.51. The number of hydrogen-bond donors (Lipinski definition) is 0. The number of benzene rings is 2. The van der Waals surface area contributed by atoms with Crippen molar-refractivity contribution in [3.8, 4) is 11.1 Å². The van der Waals surface area contributed by atoms with Crippen LogP contribution in [0.1, 0.15) is 11.1 Å². The molecule has 2 heterocycles. The maximum atomic E-state index is 13.2. The monoisotopic (exact) mass is 384 g/mol. The molecule has 0 spiro atoms. The van der Waals surface area contributed by atoms with Gasteiger partial charge in [-0.15, -0.1) is 0 Å². The Balaban J connectivity index is 1.75. The molecule has 3 aromatic rings. The van der Waals surface area contributed by atoms with Crippen molar-refractivity contribution in [2.75, 3.05) is 10.8 Å². The average molecular weight is 385 g/mol. The first-order valence-corrected chi connectivity index (χ1v) is 10.1. The zero-order valence-electron chi connectivity index (χ0n) is 14.2. The van der Waals surface area contributed by atoms with Gasteiger partial charge in [0.1, 0.15) is 0 Å². The first kappa shape index (κ1) is 17.1. The van der Waals surface area contributed by atoms with Crippen LogP contribution in [0.3, 0.4) is 0 Å². The van der Waals surface area contributed by atoms with Crippen LogP contribution in [-0.4, -0.2) is 19.9 Å². The largest absolute Gasteiger partial charge is 0.266 e. The second kappa shape index (κ2) is 6.41. The molecule has 6 heteroatoms. The minimum Gasteiger partial charge on any atom is -0.266 e. The number of anilines is 1. The fraction of sp³-hybridized carbons (Fsp3) is 0.150. The zero-order valence-corrected chi connectivity index (χ0v) is 15.8. The van der Waals surface area contributed by atoms with E-state index in [1.54, 1.807) is 37.5 Å². The summed E-state index contributed by atoms with van der Waals surface area (Å²) in [7, 11) is -3.64. The molecule has 0 saturated carbocycles. The van der Waals surface area contributed by atoms with E-state index in [9.17, 15) is 8.42 Å². The molecule has 4 rings (SSSR count). The summed E-state index contributed by atoms with van der Waals surface area (Å²) >= 11 is 6.13. The summed E-state index contributed by atoms with van der Waals surface area (Å²) in [5.41, 5.74) is 4.47. The van der Waals surface area contributed by atoms with E-state index in [1.807, 2.05) is 24.3 Å². The maximum absolute atomic E-state index is 13.2. The van der Waals surface area contributed by atoms with Crippen LogP contribution >= 0.6 is 11.6 Å². The first-order chi connectivity index (χ1) is 12.5. The van der Waals surface area contributed by atoms with Crippen LogP contribution in [0.5, 0.6) is 0 Å². The molecule has 132 valence electrons. The molecular weight excluding hydrogens is 368 g/mol. The molecule has 0 fully saturated rings. The summed E-state index contributed by atoms with van der Waals surface area (Å²) in [6, 6.07) is 14.8. The van der Waals surface area contributed by atoms with Gasteiger partial charge in [-0.05, 0) is 72.0 Å². The van der Waals surface area contributed by atoms with Crippen molar-refractivity contribution in [1.29, 1.82) is 0 Å². The van der Waals surface area contributed by atoms with Crippen molar-refractivity contribution >= 4 is 27.3 Å². The Morgan fingerprint density at radius 2 is 1.81 bits per heavy atom. The molecule has 0 bridgehead atoms. The Morgan fingerprint density at radius 1 is 1.04 bits per heavy atom. The first-order valence-electron chi connectivity index (χ1n) is 8.29. The highest BCUT2D eigenvalue weighted by atomic mass is 35.5. The fourth-order valence-electron chi connectivity index (χ4n) is 3.33. The average Bonchev–Trinajstić information content (AvgIpc) is 3.08. The number of nitrogens with zero attached hydrogens (tertiary/aromatic N) is 2. The van der Waals surface area contributed by atoms with E-state index in [1.165, 1.54) is 4.31 Å². The molecule has 26 heavy (non-hydrogen) atoms. The van der Waals surface area contributed by atoms with Gasteiger partial charge < -0.3 is 0 Å². The van der Waals surface area contributed by atoms with Crippen LogP contribution < -0.4 is 4.31 Å². The standard InChI is InChI=1S/C20H17ClN2O2S/c1-14-18(21)3-2-4-20(14)26(24,25)23-12-9-17-13-16(5-6-19(17)23)15-7-10-22-11-8-15/h2-8,10-11,13H,9,12H2,1H3. The van der Waals surface area contributed by atoms with Gasteiger partial charge in [0.15, 0.2) is 0 Å². The van der Waals surface area contributed by atoms with Crippen LogP contribution in [0.2, 0.25) is 5.02 Å². The summed E-state index contributed by atoms with van der Waals surface area (Å²) in [5, 5.41) is 0.457. The fourth-order valence-corrected chi connectivity index (χ4v) is 5.32. The van der Waals surface area contributed by atoms with Crippen LogP contribution in [0.4, 0.5) is 5.69 Å². The van der Waals surface area contributed by atoms with Crippen molar-refractivity contribution in [3.05, 3.63) is 77.1 Å². The molecule has 1 aliphatic heterocycles. The molecule has 0 N–H and O–H groups in total. The Morgan fingerprint density at radius 3 is 2.58 bits per heavy atom. The topological polar surface area (TPSA) is 50.3 Å². The van der Waals surface area contributed by atoms with Gasteiger partial charge in [-0.25, -0.2) is 8.42 Å². The van der Waals surface area contributed by atoms with E-state index >= 15 is 0 Å². The molecule has 4 nitrogen and oxygen atoms in total.